The normalized spacial score (nSPS) is 24.9. The van der Waals surface area contributed by atoms with Gasteiger partial charge in [-0.1, -0.05) is 6.92 Å². The predicted octanol–water partition coefficient (Wildman–Crippen LogP) is 2.28. The highest BCUT2D eigenvalue weighted by Crippen LogP contribution is 2.31. The fraction of sp³-hybridized carbons (Fsp3) is 0.500. The van der Waals surface area contributed by atoms with Crippen molar-refractivity contribution in [3.8, 4) is 5.75 Å². The van der Waals surface area contributed by atoms with Gasteiger partial charge in [0.2, 0.25) is 0 Å². The smallest absolute Gasteiger partial charge is 0.265 e. The zero-order valence-corrected chi connectivity index (χ0v) is 12.4. The molecule has 5 heteroatoms. The van der Waals surface area contributed by atoms with Crippen LogP contribution in [0.5, 0.6) is 5.75 Å². The summed E-state index contributed by atoms with van der Waals surface area (Å²) in [7, 11) is 0. The third kappa shape index (κ3) is 2.73. The molecular weight excluding hydrogens is 268 g/mol. The highest BCUT2D eigenvalue weighted by molar-refractivity contribution is 6.00. The van der Waals surface area contributed by atoms with Crippen molar-refractivity contribution >= 4 is 17.5 Å². The van der Waals surface area contributed by atoms with Crippen LogP contribution in [0.1, 0.15) is 37.0 Å². The Labute approximate surface area is 124 Å². The monoisotopic (exact) mass is 288 g/mol. The number of likely N-dealkylation sites (tertiary alicyclic amines) is 1. The van der Waals surface area contributed by atoms with E-state index in [4.69, 9.17) is 4.74 Å². The van der Waals surface area contributed by atoms with Gasteiger partial charge in [-0.2, -0.15) is 0 Å². The summed E-state index contributed by atoms with van der Waals surface area (Å²) >= 11 is 0. The van der Waals surface area contributed by atoms with Gasteiger partial charge in [-0.15, -0.1) is 0 Å². The minimum Gasteiger partial charge on any atom is -0.479 e. The van der Waals surface area contributed by atoms with E-state index >= 15 is 0 Å². The Hall–Kier alpha value is -2.04. The Morgan fingerprint density at radius 3 is 2.95 bits per heavy atom. The third-order valence-electron chi connectivity index (χ3n) is 4.10. The van der Waals surface area contributed by atoms with Crippen LogP contribution in [0, 0.1) is 5.92 Å². The van der Waals surface area contributed by atoms with Crippen molar-refractivity contribution in [2.24, 2.45) is 5.92 Å². The van der Waals surface area contributed by atoms with Crippen LogP contribution >= 0.6 is 0 Å². The molecular formula is C16H20N2O3. The Morgan fingerprint density at radius 1 is 1.38 bits per heavy atom. The highest BCUT2D eigenvalue weighted by atomic mass is 16.5. The number of carbonyl (C=O) groups excluding carboxylic acids is 2. The topological polar surface area (TPSA) is 58.6 Å². The van der Waals surface area contributed by atoms with Crippen LogP contribution in [0.2, 0.25) is 0 Å². The summed E-state index contributed by atoms with van der Waals surface area (Å²) in [5.41, 5.74) is 1.24. The molecule has 5 nitrogen and oxygen atoms in total. The van der Waals surface area contributed by atoms with Gasteiger partial charge in [-0.25, -0.2) is 0 Å². The third-order valence-corrected chi connectivity index (χ3v) is 4.10. The summed E-state index contributed by atoms with van der Waals surface area (Å²) in [5, 5.41) is 2.77. The molecule has 2 atom stereocenters. The number of nitrogens with one attached hydrogen (secondary N) is 1. The molecule has 1 aromatic carbocycles. The molecule has 0 aromatic heterocycles. The number of benzene rings is 1. The minimum atomic E-state index is -0.530. The minimum absolute atomic E-state index is 0.0394. The van der Waals surface area contributed by atoms with E-state index < -0.39 is 6.10 Å². The molecule has 112 valence electrons. The van der Waals surface area contributed by atoms with Crippen LogP contribution in [0.4, 0.5) is 5.69 Å². The molecule has 2 heterocycles. The Kier molecular flexibility index (Phi) is 3.57. The van der Waals surface area contributed by atoms with E-state index in [1.54, 1.807) is 25.1 Å². The van der Waals surface area contributed by atoms with E-state index in [1.165, 1.54) is 6.42 Å². The molecule has 0 saturated carbocycles. The number of hydrogen-bond acceptors (Lipinski definition) is 3. The molecule has 21 heavy (non-hydrogen) atoms. The highest BCUT2D eigenvalue weighted by Gasteiger charge is 2.26. The Balaban J connectivity index is 1.82. The second-order valence-electron chi connectivity index (χ2n) is 5.96. The summed E-state index contributed by atoms with van der Waals surface area (Å²) < 4.78 is 5.56. The van der Waals surface area contributed by atoms with Gasteiger partial charge in [0.1, 0.15) is 5.75 Å². The number of amides is 2. The largest absolute Gasteiger partial charge is 0.479 e. The van der Waals surface area contributed by atoms with Crippen LogP contribution in [0.25, 0.3) is 0 Å². The van der Waals surface area contributed by atoms with E-state index in [-0.39, 0.29) is 11.8 Å². The average Bonchev–Trinajstić information content (AvgIpc) is 2.47. The lowest BCUT2D eigenvalue weighted by Crippen LogP contribution is -2.39. The van der Waals surface area contributed by atoms with Crippen molar-refractivity contribution < 1.29 is 14.3 Å². The summed E-state index contributed by atoms with van der Waals surface area (Å²) in [4.78, 5) is 26.0. The first kappa shape index (κ1) is 13.9. The molecule has 0 radical (unpaired) electrons. The number of ether oxygens (including phenoxy) is 1. The van der Waals surface area contributed by atoms with Crippen molar-refractivity contribution in [3.05, 3.63) is 23.8 Å². The van der Waals surface area contributed by atoms with E-state index in [1.807, 2.05) is 4.90 Å². The predicted molar refractivity (Wildman–Crippen MR) is 79.5 cm³/mol. The van der Waals surface area contributed by atoms with Gasteiger partial charge in [0.15, 0.2) is 6.10 Å². The molecule has 2 amide bonds. The van der Waals surface area contributed by atoms with Gasteiger partial charge in [-0.05, 0) is 43.9 Å². The number of piperidine rings is 1. The lowest BCUT2D eigenvalue weighted by Gasteiger charge is -2.31. The fourth-order valence-corrected chi connectivity index (χ4v) is 2.89. The zero-order chi connectivity index (χ0) is 15.0. The van der Waals surface area contributed by atoms with Crippen LogP contribution in [0.3, 0.4) is 0 Å². The maximum absolute atomic E-state index is 12.6. The number of fused-ring (bicyclic) bond motifs is 1. The SMILES string of the molecule is CC1CCCN(C(=O)c2ccc3c(c2)OC(C)C(=O)N3)C1. The second kappa shape index (κ2) is 5.39. The van der Waals surface area contributed by atoms with Crippen molar-refractivity contribution in [2.75, 3.05) is 18.4 Å². The molecule has 1 aromatic rings. The van der Waals surface area contributed by atoms with E-state index in [9.17, 15) is 9.59 Å². The quantitative estimate of drug-likeness (QED) is 0.862. The van der Waals surface area contributed by atoms with Crippen LogP contribution in [-0.2, 0) is 4.79 Å². The van der Waals surface area contributed by atoms with Gasteiger partial charge in [0.05, 0.1) is 5.69 Å². The summed E-state index contributed by atoms with van der Waals surface area (Å²) in [6, 6.07) is 5.21. The number of rotatable bonds is 1. The van der Waals surface area contributed by atoms with Crippen molar-refractivity contribution in [3.63, 3.8) is 0 Å². The lowest BCUT2D eigenvalue weighted by atomic mass is 9.99. The first-order valence-corrected chi connectivity index (χ1v) is 7.45. The first-order valence-electron chi connectivity index (χ1n) is 7.45. The number of carbonyl (C=O) groups is 2. The van der Waals surface area contributed by atoms with Crippen molar-refractivity contribution in [1.29, 1.82) is 0 Å². The van der Waals surface area contributed by atoms with Crippen molar-refractivity contribution in [1.82, 2.24) is 4.90 Å². The summed E-state index contributed by atoms with van der Waals surface area (Å²) in [6.45, 7) is 5.49. The lowest BCUT2D eigenvalue weighted by molar-refractivity contribution is -0.122. The number of nitrogens with zero attached hydrogens (tertiary/aromatic N) is 1. The summed E-state index contributed by atoms with van der Waals surface area (Å²) in [6.07, 6.45) is 1.71. The molecule has 1 saturated heterocycles. The van der Waals surface area contributed by atoms with E-state index in [2.05, 4.69) is 12.2 Å². The standard InChI is InChI=1S/C16H20N2O3/c1-10-4-3-7-18(9-10)16(20)12-5-6-13-14(8-12)21-11(2)15(19)17-13/h5-6,8,10-11H,3-4,7,9H2,1-2H3,(H,17,19). The van der Waals surface area contributed by atoms with E-state index in [0.717, 1.165) is 19.5 Å². The molecule has 1 fully saturated rings. The second-order valence-corrected chi connectivity index (χ2v) is 5.96. The molecule has 3 rings (SSSR count). The maximum atomic E-state index is 12.6. The fourth-order valence-electron chi connectivity index (χ4n) is 2.89. The van der Waals surface area contributed by atoms with Crippen LogP contribution < -0.4 is 10.1 Å². The Bertz CT molecular complexity index is 585. The maximum Gasteiger partial charge on any atom is 0.265 e. The van der Waals surface area contributed by atoms with Gasteiger partial charge in [0, 0.05) is 18.7 Å². The van der Waals surface area contributed by atoms with Crippen LogP contribution in [-0.4, -0.2) is 35.9 Å². The molecule has 0 aliphatic carbocycles. The van der Waals surface area contributed by atoms with E-state index in [0.29, 0.717) is 22.9 Å². The molecule has 2 unspecified atom stereocenters. The van der Waals surface area contributed by atoms with Gasteiger partial charge in [-0.3, -0.25) is 9.59 Å². The van der Waals surface area contributed by atoms with Crippen molar-refractivity contribution in [2.45, 2.75) is 32.8 Å². The van der Waals surface area contributed by atoms with Crippen LogP contribution in [0.15, 0.2) is 18.2 Å². The Morgan fingerprint density at radius 2 is 2.19 bits per heavy atom. The number of hydrogen-bond donors (Lipinski definition) is 1. The molecule has 0 bridgehead atoms. The van der Waals surface area contributed by atoms with Gasteiger partial charge in [0.25, 0.3) is 11.8 Å². The molecule has 0 spiro atoms. The number of anilines is 1. The molecule has 2 aliphatic heterocycles. The molecule has 2 aliphatic rings. The molecule has 1 N–H and O–H groups in total. The van der Waals surface area contributed by atoms with Gasteiger partial charge < -0.3 is 15.0 Å². The van der Waals surface area contributed by atoms with Gasteiger partial charge >= 0.3 is 0 Å². The zero-order valence-electron chi connectivity index (χ0n) is 12.4. The first-order chi connectivity index (χ1) is 10.0. The average molecular weight is 288 g/mol. The summed E-state index contributed by atoms with van der Waals surface area (Å²) in [5.74, 6) is 0.998.